The molecule has 1 heterocycles. The Morgan fingerprint density at radius 3 is 2.58 bits per heavy atom. The third-order valence-corrected chi connectivity index (χ3v) is 1.86. The number of hydrogen-bond acceptors (Lipinski definition) is 3. The molecule has 1 rings (SSSR count). The fraction of sp³-hybridized carbons (Fsp3) is 0.556. The van der Waals surface area contributed by atoms with E-state index in [0.29, 0.717) is 0 Å². The van der Waals surface area contributed by atoms with Gasteiger partial charge >= 0.3 is 0 Å². The van der Waals surface area contributed by atoms with Crippen LogP contribution in [0.1, 0.15) is 25.1 Å². The molecule has 1 atom stereocenters. The van der Waals surface area contributed by atoms with Gasteiger partial charge in [0, 0.05) is 20.2 Å². The average molecular weight is 168 g/mol. The molecule has 0 unspecified atom stereocenters. The van der Waals surface area contributed by atoms with E-state index in [-0.39, 0.29) is 6.04 Å². The van der Waals surface area contributed by atoms with Crippen LogP contribution >= 0.6 is 0 Å². The fourth-order valence-corrected chi connectivity index (χ4v) is 0.983. The van der Waals surface area contributed by atoms with Gasteiger partial charge in [-0.25, -0.2) is 0 Å². The van der Waals surface area contributed by atoms with Gasteiger partial charge < -0.3 is 15.1 Å². The Morgan fingerprint density at radius 1 is 1.50 bits per heavy atom. The highest BCUT2D eigenvalue weighted by molar-refractivity contribution is 5.34. The van der Waals surface area contributed by atoms with Crippen LogP contribution in [-0.4, -0.2) is 14.1 Å². The van der Waals surface area contributed by atoms with Gasteiger partial charge in [0.05, 0.1) is 6.04 Å². The van der Waals surface area contributed by atoms with Crippen LogP contribution in [0, 0.1) is 0 Å². The third kappa shape index (κ3) is 1.80. The molecule has 1 aromatic heterocycles. The minimum Gasteiger partial charge on any atom is -0.444 e. The Kier molecular flexibility index (Phi) is 2.76. The molecule has 0 bridgehead atoms. The second kappa shape index (κ2) is 3.63. The van der Waals surface area contributed by atoms with E-state index >= 15 is 0 Å². The minimum atomic E-state index is 0.0266. The molecule has 0 saturated heterocycles. The van der Waals surface area contributed by atoms with Crippen molar-refractivity contribution in [1.29, 1.82) is 0 Å². The first-order valence-electron chi connectivity index (χ1n) is 4.17. The molecule has 0 aliphatic heterocycles. The lowest BCUT2D eigenvalue weighted by atomic mass is 10.2. The molecule has 0 fully saturated rings. The van der Waals surface area contributed by atoms with Crippen molar-refractivity contribution in [2.75, 3.05) is 19.0 Å². The van der Waals surface area contributed by atoms with E-state index in [4.69, 9.17) is 10.2 Å². The van der Waals surface area contributed by atoms with Gasteiger partial charge in [0.2, 0.25) is 0 Å². The maximum Gasteiger partial charge on any atom is 0.195 e. The van der Waals surface area contributed by atoms with Crippen LogP contribution < -0.4 is 10.6 Å². The van der Waals surface area contributed by atoms with Crippen molar-refractivity contribution in [2.24, 2.45) is 5.73 Å². The number of anilines is 1. The number of rotatable bonds is 3. The molecule has 3 heteroatoms. The summed E-state index contributed by atoms with van der Waals surface area (Å²) in [4.78, 5) is 1.92. The molecule has 0 aliphatic carbocycles. The SMILES string of the molecule is CC[C@@H](N)c1ccc(N(C)C)o1. The number of furan rings is 1. The van der Waals surface area contributed by atoms with Crippen molar-refractivity contribution in [3.8, 4) is 0 Å². The smallest absolute Gasteiger partial charge is 0.195 e. The first-order chi connectivity index (χ1) is 5.65. The number of nitrogens with zero attached hydrogens (tertiary/aromatic N) is 1. The normalized spacial score (nSPS) is 13.0. The third-order valence-electron chi connectivity index (χ3n) is 1.86. The highest BCUT2D eigenvalue weighted by Gasteiger charge is 2.09. The summed E-state index contributed by atoms with van der Waals surface area (Å²) in [5.41, 5.74) is 5.80. The van der Waals surface area contributed by atoms with Gasteiger partial charge in [0.1, 0.15) is 5.76 Å². The van der Waals surface area contributed by atoms with E-state index < -0.39 is 0 Å². The molecular formula is C9H16N2O. The average Bonchev–Trinajstić information content (AvgIpc) is 2.51. The minimum absolute atomic E-state index is 0.0266. The lowest BCUT2D eigenvalue weighted by molar-refractivity contribution is 0.462. The van der Waals surface area contributed by atoms with Crippen LogP contribution in [0.3, 0.4) is 0 Å². The summed E-state index contributed by atoms with van der Waals surface area (Å²) in [5, 5.41) is 0. The van der Waals surface area contributed by atoms with Crippen molar-refractivity contribution in [3.63, 3.8) is 0 Å². The van der Waals surface area contributed by atoms with Crippen molar-refractivity contribution in [3.05, 3.63) is 17.9 Å². The van der Waals surface area contributed by atoms with Crippen molar-refractivity contribution >= 4 is 5.88 Å². The molecule has 12 heavy (non-hydrogen) atoms. The number of nitrogens with two attached hydrogens (primary N) is 1. The second-order valence-corrected chi connectivity index (χ2v) is 3.09. The summed E-state index contributed by atoms with van der Waals surface area (Å²) in [5.74, 6) is 1.72. The Hall–Kier alpha value is -0.960. The summed E-state index contributed by atoms with van der Waals surface area (Å²) in [7, 11) is 3.89. The van der Waals surface area contributed by atoms with Crippen LogP contribution in [0.5, 0.6) is 0 Å². The Balaban J connectivity index is 2.77. The van der Waals surface area contributed by atoms with Crippen molar-refractivity contribution < 1.29 is 4.42 Å². The lowest BCUT2D eigenvalue weighted by Crippen LogP contribution is -2.09. The van der Waals surface area contributed by atoms with E-state index in [1.165, 1.54) is 0 Å². The summed E-state index contributed by atoms with van der Waals surface area (Å²) < 4.78 is 5.50. The highest BCUT2D eigenvalue weighted by atomic mass is 16.4. The first-order valence-corrected chi connectivity index (χ1v) is 4.17. The Labute approximate surface area is 73.2 Å². The second-order valence-electron chi connectivity index (χ2n) is 3.09. The fourth-order valence-electron chi connectivity index (χ4n) is 0.983. The van der Waals surface area contributed by atoms with Gasteiger partial charge in [-0.2, -0.15) is 0 Å². The van der Waals surface area contributed by atoms with E-state index in [9.17, 15) is 0 Å². The molecule has 0 radical (unpaired) electrons. The predicted octanol–water partition coefficient (Wildman–Crippen LogP) is 1.76. The maximum atomic E-state index is 5.80. The van der Waals surface area contributed by atoms with Crippen LogP contribution in [-0.2, 0) is 0 Å². The molecule has 68 valence electrons. The molecule has 0 spiro atoms. The van der Waals surface area contributed by atoms with E-state index in [1.54, 1.807) is 0 Å². The molecule has 0 aromatic carbocycles. The summed E-state index contributed by atoms with van der Waals surface area (Å²) >= 11 is 0. The van der Waals surface area contributed by atoms with Crippen molar-refractivity contribution in [2.45, 2.75) is 19.4 Å². The zero-order valence-electron chi connectivity index (χ0n) is 7.87. The predicted molar refractivity (Wildman–Crippen MR) is 50.3 cm³/mol. The monoisotopic (exact) mass is 168 g/mol. The summed E-state index contributed by atoms with van der Waals surface area (Å²) in [6, 6.07) is 3.90. The van der Waals surface area contributed by atoms with Crippen LogP contribution in [0.15, 0.2) is 16.5 Å². The number of hydrogen-bond donors (Lipinski definition) is 1. The topological polar surface area (TPSA) is 42.4 Å². The highest BCUT2D eigenvalue weighted by Crippen LogP contribution is 2.21. The molecule has 0 amide bonds. The molecular weight excluding hydrogens is 152 g/mol. The van der Waals surface area contributed by atoms with Gasteiger partial charge in [-0.15, -0.1) is 0 Å². The zero-order valence-corrected chi connectivity index (χ0v) is 7.87. The van der Waals surface area contributed by atoms with E-state index in [0.717, 1.165) is 18.1 Å². The summed E-state index contributed by atoms with van der Waals surface area (Å²) in [6.45, 7) is 2.04. The Morgan fingerprint density at radius 2 is 2.17 bits per heavy atom. The maximum absolute atomic E-state index is 5.80. The van der Waals surface area contributed by atoms with E-state index in [1.807, 2.05) is 38.1 Å². The van der Waals surface area contributed by atoms with Crippen LogP contribution in [0.4, 0.5) is 5.88 Å². The van der Waals surface area contributed by atoms with Gasteiger partial charge in [-0.05, 0) is 12.5 Å². The van der Waals surface area contributed by atoms with Crippen molar-refractivity contribution in [1.82, 2.24) is 0 Å². The quantitative estimate of drug-likeness (QED) is 0.747. The van der Waals surface area contributed by atoms with E-state index in [2.05, 4.69) is 0 Å². The molecule has 3 nitrogen and oxygen atoms in total. The van der Waals surface area contributed by atoms with Gasteiger partial charge in [-0.3, -0.25) is 0 Å². The lowest BCUT2D eigenvalue weighted by Gasteiger charge is -2.08. The molecule has 2 N–H and O–H groups in total. The molecule has 1 aromatic rings. The van der Waals surface area contributed by atoms with Crippen LogP contribution in [0.25, 0.3) is 0 Å². The zero-order chi connectivity index (χ0) is 9.14. The van der Waals surface area contributed by atoms with Crippen LogP contribution in [0.2, 0.25) is 0 Å². The van der Waals surface area contributed by atoms with Gasteiger partial charge in [0.15, 0.2) is 5.88 Å². The first kappa shape index (κ1) is 9.13. The van der Waals surface area contributed by atoms with Gasteiger partial charge in [-0.1, -0.05) is 6.92 Å². The molecule has 0 saturated carbocycles. The summed E-state index contributed by atoms with van der Waals surface area (Å²) in [6.07, 6.45) is 0.903. The van der Waals surface area contributed by atoms with Gasteiger partial charge in [0.25, 0.3) is 0 Å². The Bertz CT molecular complexity index is 242. The molecule has 0 aliphatic rings. The standard InChI is InChI=1S/C9H16N2O/c1-4-7(10)8-5-6-9(12-8)11(2)3/h5-7H,4,10H2,1-3H3/t7-/m1/s1. The largest absolute Gasteiger partial charge is 0.444 e.